The van der Waals surface area contributed by atoms with Gasteiger partial charge in [0.05, 0.1) is 24.5 Å². The second-order valence-electron chi connectivity index (χ2n) is 6.72. The predicted octanol–water partition coefficient (Wildman–Crippen LogP) is 3.80. The van der Waals surface area contributed by atoms with Crippen molar-refractivity contribution in [3.8, 4) is 0 Å². The number of hydrogen-bond donors (Lipinski definition) is 0. The predicted molar refractivity (Wildman–Crippen MR) is 94.3 cm³/mol. The maximum absolute atomic E-state index is 12.7. The van der Waals surface area contributed by atoms with Crippen LogP contribution in [0.3, 0.4) is 0 Å². The molecular formula is C20H24N2O3. The molecule has 0 spiro atoms. The average Bonchev–Trinajstić information content (AvgIpc) is 3.12. The van der Waals surface area contributed by atoms with Crippen molar-refractivity contribution in [2.45, 2.75) is 51.7 Å². The van der Waals surface area contributed by atoms with Crippen LogP contribution < -0.4 is 0 Å². The minimum atomic E-state index is -0.404. The molecule has 5 nitrogen and oxygen atoms in total. The third-order valence-corrected chi connectivity index (χ3v) is 5.06. The summed E-state index contributed by atoms with van der Waals surface area (Å²) in [5, 5.41) is 0. The number of ketones is 1. The van der Waals surface area contributed by atoms with Crippen molar-refractivity contribution >= 4 is 11.8 Å². The summed E-state index contributed by atoms with van der Waals surface area (Å²) in [5.74, 6) is -0.484. The van der Waals surface area contributed by atoms with Crippen LogP contribution in [0.25, 0.3) is 0 Å². The fraction of sp³-hybridized carbons (Fsp3) is 0.450. The Morgan fingerprint density at radius 1 is 1.20 bits per heavy atom. The van der Waals surface area contributed by atoms with Gasteiger partial charge in [0, 0.05) is 0 Å². The summed E-state index contributed by atoms with van der Waals surface area (Å²) in [7, 11) is 0. The molecule has 0 saturated heterocycles. The van der Waals surface area contributed by atoms with Crippen LogP contribution >= 0.6 is 0 Å². The Morgan fingerprint density at radius 3 is 2.64 bits per heavy atom. The number of benzene rings is 1. The number of ether oxygens (including phenoxy) is 1. The van der Waals surface area contributed by atoms with E-state index in [0.717, 1.165) is 31.2 Å². The van der Waals surface area contributed by atoms with Crippen LogP contribution in [0, 0.1) is 5.92 Å². The molecule has 1 heterocycles. The highest BCUT2D eigenvalue weighted by Crippen LogP contribution is 2.29. The van der Waals surface area contributed by atoms with Crippen molar-refractivity contribution in [3.63, 3.8) is 0 Å². The number of aromatic nitrogens is 2. The summed E-state index contributed by atoms with van der Waals surface area (Å²) in [4.78, 5) is 28.7. The Kier molecular flexibility index (Phi) is 5.31. The van der Waals surface area contributed by atoms with Crippen molar-refractivity contribution in [1.82, 2.24) is 9.55 Å². The summed E-state index contributed by atoms with van der Waals surface area (Å²) in [6.07, 6.45) is 6.41. The molecule has 132 valence electrons. The van der Waals surface area contributed by atoms with Crippen molar-refractivity contribution in [2.24, 2.45) is 5.92 Å². The van der Waals surface area contributed by atoms with Gasteiger partial charge in [-0.15, -0.1) is 0 Å². The first-order chi connectivity index (χ1) is 12.1. The van der Waals surface area contributed by atoms with Crippen LogP contribution in [0.1, 0.15) is 61.6 Å². The second-order valence-corrected chi connectivity index (χ2v) is 6.72. The van der Waals surface area contributed by atoms with E-state index in [4.69, 9.17) is 4.74 Å². The highest BCUT2D eigenvalue weighted by molar-refractivity contribution is 5.88. The zero-order valence-corrected chi connectivity index (χ0v) is 14.7. The molecule has 1 aliphatic rings. The molecule has 2 unspecified atom stereocenters. The molecule has 1 aromatic carbocycles. The largest absolute Gasteiger partial charge is 0.457 e. The van der Waals surface area contributed by atoms with Gasteiger partial charge in [0.1, 0.15) is 17.6 Å². The molecule has 3 atom stereocenters. The Bertz CT molecular complexity index is 738. The SMILES string of the molecule is CC(=O)C1CCCCC1OC(=O)c1cncn1[C@H](C)c1ccccc1. The van der Waals surface area contributed by atoms with Crippen molar-refractivity contribution in [3.05, 3.63) is 54.1 Å². The maximum Gasteiger partial charge on any atom is 0.356 e. The van der Waals surface area contributed by atoms with Gasteiger partial charge in [-0.25, -0.2) is 9.78 Å². The Hall–Kier alpha value is -2.43. The lowest BCUT2D eigenvalue weighted by molar-refractivity contribution is -0.125. The fourth-order valence-electron chi connectivity index (χ4n) is 3.56. The number of hydrogen-bond acceptors (Lipinski definition) is 4. The fourth-order valence-corrected chi connectivity index (χ4v) is 3.56. The van der Waals surface area contributed by atoms with E-state index in [2.05, 4.69) is 4.98 Å². The van der Waals surface area contributed by atoms with Crippen molar-refractivity contribution < 1.29 is 14.3 Å². The summed E-state index contributed by atoms with van der Waals surface area (Å²) in [5.41, 5.74) is 1.51. The van der Waals surface area contributed by atoms with E-state index in [1.807, 2.05) is 41.8 Å². The molecule has 1 fully saturated rings. The first-order valence-electron chi connectivity index (χ1n) is 8.86. The first kappa shape index (κ1) is 17.4. The quantitative estimate of drug-likeness (QED) is 0.777. The molecular weight excluding hydrogens is 316 g/mol. The number of rotatable bonds is 5. The van der Waals surface area contributed by atoms with Gasteiger partial charge >= 0.3 is 5.97 Å². The molecule has 1 aromatic heterocycles. The molecule has 3 rings (SSSR count). The standard InChI is InChI=1S/C20H24N2O3/c1-14(16-8-4-3-5-9-16)22-13-21-12-18(22)20(24)25-19-11-7-6-10-17(19)15(2)23/h3-5,8-9,12-14,17,19H,6-7,10-11H2,1-2H3/t14-,17?,19?/m1/s1. The highest BCUT2D eigenvalue weighted by atomic mass is 16.5. The lowest BCUT2D eigenvalue weighted by atomic mass is 9.84. The van der Waals surface area contributed by atoms with Gasteiger partial charge in [-0.3, -0.25) is 4.79 Å². The molecule has 2 aromatic rings. The number of Topliss-reactive ketones (excluding diaryl/α,β-unsaturated/α-hetero) is 1. The summed E-state index contributed by atoms with van der Waals surface area (Å²) >= 11 is 0. The van der Waals surface area contributed by atoms with E-state index in [0.29, 0.717) is 5.69 Å². The topological polar surface area (TPSA) is 61.2 Å². The zero-order valence-electron chi connectivity index (χ0n) is 14.7. The van der Waals surface area contributed by atoms with E-state index < -0.39 is 5.97 Å². The van der Waals surface area contributed by atoms with E-state index >= 15 is 0 Å². The number of carbonyl (C=O) groups excluding carboxylic acids is 2. The van der Waals surface area contributed by atoms with Gasteiger partial charge in [-0.1, -0.05) is 36.8 Å². The average molecular weight is 340 g/mol. The van der Waals surface area contributed by atoms with Gasteiger partial charge in [0.15, 0.2) is 0 Å². The van der Waals surface area contributed by atoms with Crippen LogP contribution in [0.4, 0.5) is 0 Å². The Morgan fingerprint density at radius 2 is 1.92 bits per heavy atom. The van der Waals surface area contributed by atoms with Crippen LogP contribution in [0.2, 0.25) is 0 Å². The van der Waals surface area contributed by atoms with Crippen molar-refractivity contribution in [2.75, 3.05) is 0 Å². The number of esters is 1. The van der Waals surface area contributed by atoms with Gasteiger partial charge < -0.3 is 9.30 Å². The molecule has 5 heteroatoms. The Balaban J connectivity index is 1.77. The van der Waals surface area contributed by atoms with E-state index in [1.165, 1.54) is 6.20 Å². The van der Waals surface area contributed by atoms with Crippen molar-refractivity contribution in [1.29, 1.82) is 0 Å². The van der Waals surface area contributed by atoms with E-state index in [9.17, 15) is 9.59 Å². The van der Waals surface area contributed by atoms with Crippen LogP contribution in [0.5, 0.6) is 0 Å². The molecule has 0 bridgehead atoms. The Labute approximate surface area is 148 Å². The highest BCUT2D eigenvalue weighted by Gasteiger charge is 2.32. The molecule has 0 N–H and O–H groups in total. The summed E-state index contributed by atoms with van der Waals surface area (Å²) < 4.78 is 7.54. The first-order valence-corrected chi connectivity index (χ1v) is 8.86. The lowest BCUT2D eigenvalue weighted by Crippen LogP contribution is -2.34. The third-order valence-electron chi connectivity index (χ3n) is 5.06. The molecule has 25 heavy (non-hydrogen) atoms. The van der Waals surface area contributed by atoms with E-state index in [1.54, 1.807) is 13.3 Å². The van der Waals surface area contributed by atoms with Gasteiger partial charge in [0.2, 0.25) is 0 Å². The molecule has 0 amide bonds. The van der Waals surface area contributed by atoms with Crippen LogP contribution in [0.15, 0.2) is 42.9 Å². The van der Waals surface area contributed by atoms with Gasteiger partial charge in [-0.05, 0) is 38.7 Å². The van der Waals surface area contributed by atoms with E-state index in [-0.39, 0.29) is 23.8 Å². The molecule has 1 saturated carbocycles. The normalized spacial score (nSPS) is 21.5. The number of nitrogens with zero attached hydrogens (tertiary/aromatic N) is 2. The third kappa shape index (κ3) is 3.81. The van der Waals surface area contributed by atoms with Crippen LogP contribution in [-0.2, 0) is 9.53 Å². The second kappa shape index (κ2) is 7.64. The summed E-state index contributed by atoms with van der Waals surface area (Å²) in [6, 6.07) is 9.92. The molecule has 0 radical (unpaired) electrons. The zero-order chi connectivity index (χ0) is 17.8. The molecule has 0 aliphatic heterocycles. The maximum atomic E-state index is 12.7. The number of imidazole rings is 1. The van der Waals surface area contributed by atoms with Gasteiger partial charge in [0.25, 0.3) is 0 Å². The molecule has 1 aliphatic carbocycles. The lowest BCUT2D eigenvalue weighted by Gasteiger charge is -2.29. The van der Waals surface area contributed by atoms with Crippen LogP contribution in [-0.4, -0.2) is 27.4 Å². The number of carbonyl (C=O) groups is 2. The summed E-state index contributed by atoms with van der Waals surface area (Å²) in [6.45, 7) is 3.60. The minimum absolute atomic E-state index is 0.0267. The minimum Gasteiger partial charge on any atom is -0.457 e. The van der Waals surface area contributed by atoms with Gasteiger partial charge in [-0.2, -0.15) is 0 Å². The smallest absolute Gasteiger partial charge is 0.356 e. The monoisotopic (exact) mass is 340 g/mol.